The first-order valence-electron chi connectivity index (χ1n) is 5.59. The number of carbonyl (C=O) groups is 1. The van der Waals surface area contributed by atoms with E-state index in [4.69, 9.17) is 5.73 Å². The van der Waals surface area contributed by atoms with Gasteiger partial charge in [-0.1, -0.05) is 18.2 Å². The molecule has 3 rings (SSSR count). The number of aromatic amines is 1. The molecule has 3 aromatic rings. The number of rotatable bonds is 1. The minimum atomic E-state index is -0.188. The van der Waals surface area contributed by atoms with Crippen LogP contribution in [0.4, 0.5) is 5.69 Å². The van der Waals surface area contributed by atoms with Crippen LogP contribution in [0, 0.1) is 6.92 Å². The van der Waals surface area contributed by atoms with E-state index in [1.165, 1.54) is 4.57 Å². The SMILES string of the molecule is Cc1cc(C(=O)n2cc(N)c3ccccc32)n[nH]1. The summed E-state index contributed by atoms with van der Waals surface area (Å²) >= 11 is 0. The van der Waals surface area contributed by atoms with Gasteiger partial charge in [0.2, 0.25) is 0 Å². The second-order valence-electron chi connectivity index (χ2n) is 4.21. The maximum atomic E-state index is 12.3. The van der Waals surface area contributed by atoms with Gasteiger partial charge in [-0.15, -0.1) is 0 Å². The highest BCUT2D eigenvalue weighted by Gasteiger charge is 2.15. The van der Waals surface area contributed by atoms with Gasteiger partial charge in [0.05, 0.1) is 11.2 Å². The van der Waals surface area contributed by atoms with Crippen LogP contribution in [0.15, 0.2) is 36.5 Å². The van der Waals surface area contributed by atoms with Crippen molar-refractivity contribution in [3.05, 3.63) is 47.9 Å². The van der Waals surface area contributed by atoms with E-state index in [-0.39, 0.29) is 5.91 Å². The van der Waals surface area contributed by atoms with Crippen molar-refractivity contribution in [2.24, 2.45) is 0 Å². The number of fused-ring (bicyclic) bond motifs is 1. The number of hydrogen-bond donors (Lipinski definition) is 2. The smallest absolute Gasteiger partial charge is 0.282 e. The number of nitrogen functional groups attached to an aromatic ring is 1. The Bertz CT molecular complexity index is 738. The Labute approximate surface area is 103 Å². The summed E-state index contributed by atoms with van der Waals surface area (Å²) in [6.07, 6.45) is 1.64. The van der Waals surface area contributed by atoms with E-state index >= 15 is 0 Å². The van der Waals surface area contributed by atoms with Crippen molar-refractivity contribution in [2.45, 2.75) is 6.92 Å². The highest BCUT2D eigenvalue weighted by Crippen LogP contribution is 2.23. The first kappa shape index (κ1) is 10.6. The van der Waals surface area contributed by atoms with Gasteiger partial charge in [-0.25, -0.2) is 0 Å². The van der Waals surface area contributed by atoms with Crippen LogP contribution in [0.3, 0.4) is 0 Å². The second-order valence-corrected chi connectivity index (χ2v) is 4.21. The standard InChI is InChI=1S/C13H12N4O/c1-8-6-11(16-15-8)13(18)17-7-10(14)9-4-2-3-5-12(9)17/h2-7H,14H2,1H3,(H,15,16). The van der Waals surface area contributed by atoms with Crippen molar-refractivity contribution in [3.8, 4) is 0 Å². The lowest BCUT2D eigenvalue weighted by molar-refractivity contribution is 0.0960. The summed E-state index contributed by atoms with van der Waals surface area (Å²) in [4.78, 5) is 12.3. The Morgan fingerprint density at radius 1 is 1.39 bits per heavy atom. The molecule has 0 amide bonds. The van der Waals surface area contributed by atoms with Crippen molar-refractivity contribution in [2.75, 3.05) is 5.73 Å². The normalized spacial score (nSPS) is 10.9. The van der Waals surface area contributed by atoms with Gasteiger partial charge in [0, 0.05) is 17.3 Å². The zero-order valence-corrected chi connectivity index (χ0v) is 9.84. The van der Waals surface area contributed by atoms with E-state index in [1.807, 2.05) is 31.2 Å². The number of aromatic nitrogens is 3. The number of aryl methyl sites for hydroxylation is 1. The summed E-state index contributed by atoms with van der Waals surface area (Å²) in [7, 11) is 0. The summed E-state index contributed by atoms with van der Waals surface area (Å²) in [5.41, 5.74) is 8.51. The van der Waals surface area contributed by atoms with E-state index in [2.05, 4.69) is 10.2 Å². The van der Waals surface area contributed by atoms with Crippen LogP contribution in [0.2, 0.25) is 0 Å². The number of carbonyl (C=O) groups excluding carboxylic acids is 1. The molecule has 0 saturated heterocycles. The zero-order chi connectivity index (χ0) is 12.7. The lowest BCUT2D eigenvalue weighted by atomic mass is 10.2. The lowest BCUT2D eigenvalue weighted by Crippen LogP contribution is -2.11. The maximum absolute atomic E-state index is 12.3. The molecule has 0 fully saturated rings. The number of benzene rings is 1. The average Bonchev–Trinajstić information content (AvgIpc) is 2.94. The minimum Gasteiger partial charge on any atom is -0.397 e. The number of nitrogens with zero attached hydrogens (tertiary/aromatic N) is 2. The van der Waals surface area contributed by atoms with Gasteiger partial charge in [0.25, 0.3) is 5.91 Å². The molecule has 2 aromatic heterocycles. The number of hydrogen-bond acceptors (Lipinski definition) is 3. The van der Waals surface area contributed by atoms with E-state index < -0.39 is 0 Å². The molecule has 0 saturated carbocycles. The summed E-state index contributed by atoms with van der Waals surface area (Å²) in [5.74, 6) is -0.188. The first-order chi connectivity index (χ1) is 8.66. The fourth-order valence-electron chi connectivity index (χ4n) is 2.03. The molecule has 0 aliphatic heterocycles. The monoisotopic (exact) mass is 240 g/mol. The van der Waals surface area contributed by atoms with E-state index in [0.717, 1.165) is 16.6 Å². The Hall–Kier alpha value is -2.56. The molecule has 0 unspecified atom stereocenters. The van der Waals surface area contributed by atoms with E-state index in [1.54, 1.807) is 12.3 Å². The summed E-state index contributed by atoms with van der Waals surface area (Å²) in [6, 6.07) is 9.24. The quantitative estimate of drug-likeness (QED) is 0.682. The minimum absolute atomic E-state index is 0.188. The van der Waals surface area contributed by atoms with Gasteiger partial charge in [-0.2, -0.15) is 5.10 Å². The van der Waals surface area contributed by atoms with Gasteiger partial charge >= 0.3 is 0 Å². The summed E-state index contributed by atoms with van der Waals surface area (Å²) in [6.45, 7) is 1.85. The molecule has 90 valence electrons. The molecule has 2 heterocycles. The number of anilines is 1. The van der Waals surface area contributed by atoms with E-state index in [0.29, 0.717) is 11.4 Å². The van der Waals surface area contributed by atoms with Crippen LogP contribution >= 0.6 is 0 Å². The van der Waals surface area contributed by atoms with Crippen LogP contribution in [0.1, 0.15) is 16.2 Å². The maximum Gasteiger partial charge on any atom is 0.282 e. The molecule has 5 nitrogen and oxygen atoms in total. The molecule has 0 bridgehead atoms. The molecular formula is C13H12N4O. The third kappa shape index (κ3) is 1.48. The van der Waals surface area contributed by atoms with Crippen molar-refractivity contribution < 1.29 is 4.79 Å². The lowest BCUT2D eigenvalue weighted by Gasteiger charge is -2.00. The van der Waals surface area contributed by atoms with Crippen LogP contribution < -0.4 is 5.73 Å². The Morgan fingerprint density at radius 2 is 2.17 bits per heavy atom. The molecule has 18 heavy (non-hydrogen) atoms. The third-order valence-corrected chi connectivity index (χ3v) is 2.89. The fourth-order valence-corrected chi connectivity index (χ4v) is 2.03. The molecule has 1 aromatic carbocycles. The number of H-pyrrole nitrogens is 1. The predicted octanol–water partition coefficient (Wildman–Crippen LogP) is 1.94. The second kappa shape index (κ2) is 3.73. The molecule has 0 spiro atoms. The fraction of sp³-hybridized carbons (Fsp3) is 0.0769. The molecule has 0 atom stereocenters. The number of nitrogens with two attached hydrogens (primary N) is 1. The largest absolute Gasteiger partial charge is 0.397 e. The molecular weight excluding hydrogens is 228 g/mol. The molecule has 0 radical (unpaired) electrons. The van der Waals surface area contributed by atoms with Gasteiger partial charge in [-0.05, 0) is 19.1 Å². The molecule has 3 N–H and O–H groups in total. The van der Waals surface area contributed by atoms with Crippen LogP contribution in [0.5, 0.6) is 0 Å². The Kier molecular flexibility index (Phi) is 2.19. The highest BCUT2D eigenvalue weighted by molar-refractivity contribution is 6.04. The van der Waals surface area contributed by atoms with Crippen LogP contribution in [-0.4, -0.2) is 20.7 Å². The molecule has 0 aliphatic carbocycles. The van der Waals surface area contributed by atoms with Crippen molar-refractivity contribution >= 4 is 22.5 Å². The van der Waals surface area contributed by atoms with E-state index in [9.17, 15) is 4.79 Å². The van der Waals surface area contributed by atoms with Gasteiger partial charge < -0.3 is 5.73 Å². The highest BCUT2D eigenvalue weighted by atomic mass is 16.2. The first-order valence-corrected chi connectivity index (χ1v) is 5.59. The zero-order valence-electron chi connectivity index (χ0n) is 9.84. The van der Waals surface area contributed by atoms with Crippen LogP contribution in [-0.2, 0) is 0 Å². The van der Waals surface area contributed by atoms with Gasteiger partial charge in [-0.3, -0.25) is 14.5 Å². The Balaban J connectivity index is 2.18. The van der Waals surface area contributed by atoms with Crippen molar-refractivity contribution in [3.63, 3.8) is 0 Å². The summed E-state index contributed by atoms with van der Waals surface area (Å²) in [5, 5.41) is 7.60. The molecule has 0 aliphatic rings. The number of nitrogens with one attached hydrogen (secondary N) is 1. The number of para-hydroxylation sites is 1. The van der Waals surface area contributed by atoms with Gasteiger partial charge in [0.1, 0.15) is 0 Å². The Morgan fingerprint density at radius 3 is 2.89 bits per heavy atom. The summed E-state index contributed by atoms with van der Waals surface area (Å²) < 4.78 is 1.53. The van der Waals surface area contributed by atoms with Crippen molar-refractivity contribution in [1.82, 2.24) is 14.8 Å². The average molecular weight is 240 g/mol. The molecule has 5 heteroatoms. The topological polar surface area (TPSA) is 76.7 Å². The van der Waals surface area contributed by atoms with Crippen molar-refractivity contribution in [1.29, 1.82) is 0 Å². The van der Waals surface area contributed by atoms with Crippen LogP contribution in [0.25, 0.3) is 10.9 Å². The van der Waals surface area contributed by atoms with Gasteiger partial charge in [0.15, 0.2) is 5.69 Å². The third-order valence-electron chi connectivity index (χ3n) is 2.89. The predicted molar refractivity (Wildman–Crippen MR) is 69.4 cm³/mol.